The molecule has 0 fully saturated rings. The van der Waals surface area contributed by atoms with Crippen LogP contribution in [0, 0.1) is 19.3 Å². The van der Waals surface area contributed by atoms with E-state index >= 15 is 0 Å². The fraction of sp³-hybridized carbons (Fsp3) is 0.417. The van der Waals surface area contributed by atoms with Crippen molar-refractivity contribution in [2.75, 3.05) is 5.32 Å². The van der Waals surface area contributed by atoms with Gasteiger partial charge in [-0.3, -0.25) is 4.40 Å². The van der Waals surface area contributed by atoms with E-state index < -0.39 is 0 Å². The normalized spacial score (nSPS) is 12.3. The molecule has 0 saturated heterocycles. The zero-order valence-electron chi connectivity index (χ0n) is 10.0. The van der Waals surface area contributed by atoms with Crippen molar-refractivity contribution in [1.29, 1.82) is 0 Å². The van der Waals surface area contributed by atoms with Gasteiger partial charge in [0.2, 0.25) is 5.65 Å². The molecule has 0 saturated carbocycles. The summed E-state index contributed by atoms with van der Waals surface area (Å²) in [4.78, 5) is 4.29. The van der Waals surface area contributed by atoms with E-state index in [1.807, 2.05) is 17.5 Å². The smallest absolute Gasteiger partial charge is 0.203 e. The van der Waals surface area contributed by atoms with E-state index in [9.17, 15) is 0 Å². The van der Waals surface area contributed by atoms with Crippen LogP contribution in [0.5, 0.6) is 0 Å². The second kappa shape index (κ2) is 4.83. The minimum absolute atomic E-state index is 0.218. The van der Waals surface area contributed by atoms with Crippen molar-refractivity contribution in [2.24, 2.45) is 0 Å². The number of hydrogen-bond donors (Lipinski definition) is 1. The maximum atomic E-state index is 5.33. The van der Waals surface area contributed by atoms with Crippen molar-refractivity contribution in [2.45, 2.75) is 32.7 Å². The fourth-order valence-electron chi connectivity index (χ4n) is 1.68. The molecule has 0 spiro atoms. The van der Waals surface area contributed by atoms with Gasteiger partial charge < -0.3 is 5.32 Å². The molecule has 5 heteroatoms. The zero-order valence-corrected chi connectivity index (χ0v) is 10.0. The summed E-state index contributed by atoms with van der Waals surface area (Å²) in [5.41, 5.74) is 0.737. The van der Waals surface area contributed by atoms with Crippen molar-refractivity contribution in [3.8, 4) is 12.3 Å². The molecule has 0 radical (unpaired) electrons. The van der Waals surface area contributed by atoms with Gasteiger partial charge in [-0.2, -0.15) is 0 Å². The highest BCUT2D eigenvalue weighted by Gasteiger charge is 2.11. The van der Waals surface area contributed by atoms with E-state index in [2.05, 4.69) is 33.3 Å². The molecular formula is C12H15N5. The summed E-state index contributed by atoms with van der Waals surface area (Å²) in [6, 6.07) is 0.218. The third-order valence-electron chi connectivity index (χ3n) is 2.70. The molecule has 2 rings (SSSR count). The Morgan fingerprint density at radius 2 is 2.35 bits per heavy atom. The van der Waals surface area contributed by atoms with Crippen LogP contribution in [0.1, 0.15) is 25.6 Å². The molecule has 0 aromatic carbocycles. The van der Waals surface area contributed by atoms with Crippen LogP contribution in [0.25, 0.3) is 5.65 Å². The number of rotatable bonds is 4. The fourth-order valence-corrected chi connectivity index (χ4v) is 1.68. The van der Waals surface area contributed by atoms with Crippen LogP contribution in [0.3, 0.4) is 0 Å². The van der Waals surface area contributed by atoms with Gasteiger partial charge in [0, 0.05) is 24.9 Å². The maximum Gasteiger partial charge on any atom is 0.203 e. The highest BCUT2D eigenvalue weighted by molar-refractivity contribution is 5.62. The third-order valence-corrected chi connectivity index (χ3v) is 2.70. The Hall–Kier alpha value is -2.09. The number of hydrogen-bond acceptors (Lipinski definition) is 4. The lowest BCUT2D eigenvalue weighted by Crippen LogP contribution is -2.19. The summed E-state index contributed by atoms with van der Waals surface area (Å²) in [7, 11) is 0. The van der Waals surface area contributed by atoms with Crippen molar-refractivity contribution >= 4 is 11.5 Å². The van der Waals surface area contributed by atoms with Crippen molar-refractivity contribution in [1.82, 2.24) is 19.6 Å². The molecule has 2 aromatic heterocycles. The van der Waals surface area contributed by atoms with Gasteiger partial charge in [0.25, 0.3) is 0 Å². The van der Waals surface area contributed by atoms with Crippen LogP contribution < -0.4 is 5.32 Å². The van der Waals surface area contributed by atoms with E-state index in [-0.39, 0.29) is 6.04 Å². The minimum atomic E-state index is 0.218. The van der Waals surface area contributed by atoms with Gasteiger partial charge in [-0.15, -0.1) is 22.5 Å². The Bertz CT molecular complexity index is 552. The SMILES string of the molecule is C#CCC(CC)Nc1nccn2c(C)nnc12. The maximum absolute atomic E-state index is 5.33. The molecule has 2 aromatic rings. The molecular weight excluding hydrogens is 214 g/mol. The third kappa shape index (κ3) is 2.21. The number of aryl methyl sites for hydroxylation is 1. The molecule has 0 amide bonds. The lowest BCUT2D eigenvalue weighted by molar-refractivity contribution is 0.711. The highest BCUT2D eigenvalue weighted by atomic mass is 15.3. The monoisotopic (exact) mass is 229 g/mol. The lowest BCUT2D eigenvalue weighted by Gasteiger charge is -2.14. The van der Waals surface area contributed by atoms with E-state index in [1.165, 1.54) is 0 Å². The first-order valence-electron chi connectivity index (χ1n) is 5.62. The van der Waals surface area contributed by atoms with Crippen LogP contribution in [0.4, 0.5) is 5.82 Å². The molecule has 88 valence electrons. The number of fused-ring (bicyclic) bond motifs is 1. The molecule has 1 N–H and O–H groups in total. The van der Waals surface area contributed by atoms with E-state index in [4.69, 9.17) is 6.42 Å². The van der Waals surface area contributed by atoms with Crippen LogP contribution in [0.15, 0.2) is 12.4 Å². The van der Waals surface area contributed by atoms with Gasteiger partial charge in [0.15, 0.2) is 5.82 Å². The van der Waals surface area contributed by atoms with Gasteiger partial charge in [-0.25, -0.2) is 4.98 Å². The second-order valence-corrected chi connectivity index (χ2v) is 3.87. The first-order chi connectivity index (χ1) is 8.26. The Kier molecular flexibility index (Phi) is 3.24. The topological polar surface area (TPSA) is 55.1 Å². The molecule has 1 unspecified atom stereocenters. The first-order valence-corrected chi connectivity index (χ1v) is 5.62. The van der Waals surface area contributed by atoms with Crippen molar-refractivity contribution in [3.63, 3.8) is 0 Å². The van der Waals surface area contributed by atoms with Crippen molar-refractivity contribution < 1.29 is 0 Å². The number of terminal acetylenes is 1. The average molecular weight is 229 g/mol. The van der Waals surface area contributed by atoms with Crippen molar-refractivity contribution in [3.05, 3.63) is 18.2 Å². The van der Waals surface area contributed by atoms with Crippen LogP contribution in [0.2, 0.25) is 0 Å². The quantitative estimate of drug-likeness (QED) is 0.810. The molecule has 0 bridgehead atoms. The number of anilines is 1. The summed E-state index contributed by atoms with van der Waals surface area (Å²) in [5.74, 6) is 4.23. The Morgan fingerprint density at radius 3 is 3.06 bits per heavy atom. The predicted octanol–water partition coefficient (Wildman–Crippen LogP) is 1.65. The van der Waals surface area contributed by atoms with E-state index in [0.717, 1.165) is 23.7 Å². The van der Waals surface area contributed by atoms with E-state index in [1.54, 1.807) is 6.20 Å². The summed E-state index contributed by atoms with van der Waals surface area (Å²) in [5, 5.41) is 11.4. The van der Waals surface area contributed by atoms with Gasteiger partial charge in [-0.1, -0.05) is 6.92 Å². The molecule has 0 aliphatic heterocycles. The lowest BCUT2D eigenvalue weighted by atomic mass is 10.1. The minimum Gasteiger partial charge on any atom is -0.363 e. The summed E-state index contributed by atoms with van der Waals surface area (Å²) < 4.78 is 1.90. The summed E-state index contributed by atoms with van der Waals surface area (Å²) in [6.07, 6.45) is 10.5. The Labute approximate surface area is 100 Å². The largest absolute Gasteiger partial charge is 0.363 e. The average Bonchev–Trinajstić information content (AvgIpc) is 2.72. The molecule has 5 nitrogen and oxygen atoms in total. The first kappa shape index (κ1) is 11.4. The zero-order chi connectivity index (χ0) is 12.3. The van der Waals surface area contributed by atoms with E-state index in [0.29, 0.717) is 6.42 Å². The van der Waals surface area contributed by atoms with Gasteiger partial charge in [-0.05, 0) is 13.3 Å². The number of aromatic nitrogens is 4. The number of nitrogens with zero attached hydrogens (tertiary/aromatic N) is 4. The number of nitrogens with one attached hydrogen (secondary N) is 1. The Morgan fingerprint density at radius 1 is 1.53 bits per heavy atom. The molecule has 17 heavy (non-hydrogen) atoms. The van der Waals surface area contributed by atoms with Gasteiger partial charge >= 0.3 is 0 Å². The van der Waals surface area contributed by atoms with Gasteiger partial charge in [0.1, 0.15) is 5.82 Å². The summed E-state index contributed by atoms with van der Waals surface area (Å²) >= 11 is 0. The molecule has 0 aliphatic rings. The molecule has 2 heterocycles. The van der Waals surface area contributed by atoms with Crippen LogP contribution in [-0.2, 0) is 0 Å². The van der Waals surface area contributed by atoms with Gasteiger partial charge in [0.05, 0.1) is 0 Å². The molecule has 1 atom stereocenters. The highest BCUT2D eigenvalue weighted by Crippen LogP contribution is 2.14. The second-order valence-electron chi connectivity index (χ2n) is 3.87. The summed E-state index contributed by atoms with van der Waals surface area (Å²) in [6.45, 7) is 3.99. The standard InChI is InChI=1S/C12H15N5/c1-4-6-10(5-2)14-11-12-16-15-9(3)17(12)8-7-13-11/h1,7-8,10H,5-6H2,2-3H3,(H,13,14). The molecule has 0 aliphatic carbocycles. The van der Waals surface area contributed by atoms with Crippen LogP contribution in [-0.4, -0.2) is 25.6 Å². The predicted molar refractivity (Wildman–Crippen MR) is 66.7 cm³/mol. The van der Waals surface area contributed by atoms with Crippen LogP contribution >= 0.6 is 0 Å². The Balaban J connectivity index is 2.32.